The first-order chi connectivity index (χ1) is 10.3. The van der Waals surface area contributed by atoms with Gasteiger partial charge in [0.25, 0.3) is 0 Å². The van der Waals surface area contributed by atoms with Gasteiger partial charge in [0.1, 0.15) is 5.41 Å². The van der Waals surface area contributed by atoms with E-state index in [4.69, 9.17) is 0 Å². The summed E-state index contributed by atoms with van der Waals surface area (Å²) in [5.74, 6) is 0.231. The Morgan fingerprint density at radius 3 is 2.18 bits per heavy atom. The Bertz CT molecular complexity index is 554. The molecule has 0 radical (unpaired) electrons. The molecule has 120 valence electrons. The summed E-state index contributed by atoms with van der Waals surface area (Å²) in [6.45, 7) is 8.86. The quantitative estimate of drug-likeness (QED) is 0.793. The molecule has 2 N–H and O–H groups in total. The van der Waals surface area contributed by atoms with Gasteiger partial charge in [0.15, 0.2) is 0 Å². The van der Waals surface area contributed by atoms with Crippen molar-refractivity contribution in [1.82, 2.24) is 5.32 Å². The van der Waals surface area contributed by atoms with E-state index in [0.717, 1.165) is 23.2 Å². The molecule has 0 unspecified atom stereocenters. The van der Waals surface area contributed by atoms with Crippen LogP contribution >= 0.6 is 0 Å². The van der Waals surface area contributed by atoms with Crippen molar-refractivity contribution in [3.8, 4) is 0 Å². The molecule has 0 saturated heterocycles. The Kier molecular flexibility index (Phi) is 4.89. The van der Waals surface area contributed by atoms with E-state index in [1.165, 1.54) is 0 Å². The predicted molar refractivity (Wildman–Crippen MR) is 88.7 cm³/mol. The van der Waals surface area contributed by atoms with E-state index in [1.54, 1.807) is 0 Å². The molecule has 1 fully saturated rings. The molecule has 0 bridgehead atoms. The van der Waals surface area contributed by atoms with Crippen LogP contribution in [0.5, 0.6) is 0 Å². The van der Waals surface area contributed by atoms with E-state index in [1.807, 2.05) is 26.0 Å². The minimum atomic E-state index is -0.853. The molecule has 2 amide bonds. The van der Waals surface area contributed by atoms with Crippen molar-refractivity contribution in [2.24, 2.45) is 11.3 Å². The van der Waals surface area contributed by atoms with E-state index in [2.05, 4.69) is 30.5 Å². The summed E-state index contributed by atoms with van der Waals surface area (Å²) in [5.41, 5.74) is 2.11. The first kappa shape index (κ1) is 16.5. The lowest BCUT2D eigenvalue weighted by molar-refractivity contribution is -0.134. The van der Waals surface area contributed by atoms with Gasteiger partial charge in [0, 0.05) is 12.2 Å². The number of hydrogen-bond acceptors (Lipinski definition) is 2. The summed E-state index contributed by atoms with van der Waals surface area (Å²) in [6.07, 6.45) is 2.20. The molecule has 1 saturated carbocycles. The predicted octanol–water partition coefficient (Wildman–Crippen LogP) is 3.18. The molecule has 2 rings (SSSR count). The number of anilines is 1. The van der Waals surface area contributed by atoms with Gasteiger partial charge >= 0.3 is 0 Å². The molecule has 1 aliphatic rings. The third kappa shape index (κ3) is 3.87. The van der Waals surface area contributed by atoms with Gasteiger partial charge in [-0.1, -0.05) is 19.9 Å². The van der Waals surface area contributed by atoms with Crippen LogP contribution in [0.4, 0.5) is 5.69 Å². The van der Waals surface area contributed by atoms with Gasteiger partial charge in [-0.05, 0) is 62.3 Å². The van der Waals surface area contributed by atoms with Crippen LogP contribution in [0.2, 0.25) is 0 Å². The Morgan fingerprint density at radius 2 is 1.68 bits per heavy atom. The number of benzene rings is 1. The van der Waals surface area contributed by atoms with Crippen LogP contribution in [-0.4, -0.2) is 18.4 Å². The summed E-state index contributed by atoms with van der Waals surface area (Å²) in [4.78, 5) is 24.8. The van der Waals surface area contributed by atoms with Gasteiger partial charge in [-0.25, -0.2) is 0 Å². The van der Waals surface area contributed by atoms with Crippen LogP contribution in [0.15, 0.2) is 18.2 Å². The van der Waals surface area contributed by atoms with E-state index < -0.39 is 5.41 Å². The van der Waals surface area contributed by atoms with Crippen molar-refractivity contribution >= 4 is 17.5 Å². The fraction of sp³-hybridized carbons (Fsp3) is 0.556. The second kappa shape index (κ2) is 6.51. The lowest BCUT2D eigenvalue weighted by atomic mass is 10.0. The molecule has 0 aromatic heterocycles. The molecule has 0 aliphatic heterocycles. The van der Waals surface area contributed by atoms with Crippen molar-refractivity contribution in [2.45, 2.75) is 47.0 Å². The monoisotopic (exact) mass is 302 g/mol. The number of carbonyl (C=O) groups excluding carboxylic acids is 2. The van der Waals surface area contributed by atoms with Crippen molar-refractivity contribution < 1.29 is 9.59 Å². The van der Waals surface area contributed by atoms with Gasteiger partial charge < -0.3 is 10.6 Å². The molecular formula is C18H26N2O2. The number of nitrogens with one attached hydrogen (secondary N) is 2. The molecule has 0 spiro atoms. The largest absolute Gasteiger partial charge is 0.355 e. The van der Waals surface area contributed by atoms with Crippen molar-refractivity contribution in [3.05, 3.63) is 29.3 Å². The zero-order valence-electron chi connectivity index (χ0n) is 14.0. The minimum Gasteiger partial charge on any atom is -0.355 e. The van der Waals surface area contributed by atoms with Crippen molar-refractivity contribution in [2.75, 3.05) is 11.9 Å². The van der Waals surface area contributed by atoms with Crippen LogP contribution in [0.3, 0.4) is 0 Å². The second-order valence-electron chi connectivity index (χ2n) is 6.85. The van der Waals surface area contributed by atoms with Crippen molar-refractivity contribution in [3.63, 3.8) is 0 Å². The van der Waals surface area contributed by atoms with Gasteiger partial charge in [-0.3, -0.25) is 9.59 Å². The van der Waals surface area contributed by atoms with Gasteiger partial charge in [0.2, 0.25) is 11.8 Å². The molecule has 1 aromatic carbocycles. The normalized spacial score (nSPS) is 15.5. The number of aryl methyl sites for hydroxylation is 2. The number of carbonyl (C=O) groups is 2. The fourth-order valence-electron chi connectivity index (χ4n) is 2.62. The van der Waals surface area contributed by atoms with E-state index in [0.29, 0.717) is 25.3 Å². The van der Waals surface area contributed by atoms with Gasteiger partial charge in [-0.2, -0.15) is 0 Å². The fourth-order valence-corrected chi connectivity index (χ4v) is 2.62. The van der Waals surface area contributed by atoms with E-state index in [9.17, 15) is 9.59 Å². The van der Waals surface area contributed by atoms with E-state index in [-0.39, 0.29) is 11.8 Å². The van der Waals surface area contributed by atoms with Crippen LogP contribution in [0, 0.1) is 25.2 Å². The average molecular weight is 302 g/mol. The Hall–Kier alpha value is -1.84. The standard InChI is InChI=1S/C18H26N2O2/c1-12(2)5-8-19-16(21)18(6-7-18)17(22)20-15-10-13(3)9-14(4)11-15/h9-12H,5-8H2,1-4H3,(H,19,21)(H,20,22). The maximum absolute atomic E-state index is 12.5. The molecule has 4 heteroatoms. The number of amides is 2. The third-order valence-electron chi connectivity index (χ3n) is 4.11. The average Bonchev–Trinajstić information content (AvgIpc) is 3.18. The SMILES string of the molecule is Cc1cc(C)cc(NC(=O)C2(C(=O)NCCC(C)C)CC2)c1. The Morgan fingerprint density at radius 1 is 1.09 bits per heavy atom. The van der Waals surface area contributed by atoms with Crippen LogP contribution in [-0.2, 0) is 9.59 Å². The zero-order valence-corrected chi connectivity index (χ0v) is 14.0. The number of rotatable bonds is 6. The highest BCUT2D eigenvalue weighted by atomic mass is 16.2. The zero-order chi connectivity index (χ0) is 16.3. The lowest BCUT2D eigenvalue weighted by Crippen LogP contribution is -2.40. The van der Waals surface area contributed by atoms with Gasteiger partial charge in [-0.15, -0.1) is 0 Å². The maximum Gasteiger partial charge on any atom is 0.240 e. The highest BCUT2D eigenvalue weighted by Gasteiger charge is 2.56. The maximum atomic E-state index is 12.5. The highest BCUT2D eigenvalue weighted by Crippen LogP contribution is 2.46. The number of hydrogen-bond donors (Lipinski definition) is 2. The Labute approximate surface area is 132 Å². The second-order valence-corrected chi connectivity index (χ2v) is 6.85. The molecule has 0 atom stereocenters. The Balaban J connectivity index is 1.97. The highest BCUT2D eigenvalue weighted by molar-refractivity contribution is 6.13. The molecule has 4 nitrogen and oxygen atoms in total. The molecule has 22 heavy (non-hydrogen) atoms. The van der Waals surface area contributed by atoms with Crippen molar-refractivity contribution in [1.29, 1.82) is 0 Å². The summed E-state index contributed by atoms with van der Waals surface area (Å²) >= 11 is 0. The summed E-state index contributed by atoms with van der Waals surface area (Å²) in [7, 11) is 0. The van der Waals surface area contributed by atoms with Crippen LogP contribution in [0.1, 0.15) is 44.2 Å². The van der Waals surface area contributed by atoms with Gasteiger partial charge in [0.05, 0.1) is 0 Å². The first-order valence-electron chi connectivity index (χ1n) is 8.01. The smallest absolute Gasteiger partial charge is 0.240 e. The molecule has 0 heterocycles. The molecular weight excluding hydrogens is 276 g/mol. The lowest BCUT2D eigenvalue weighted by Gasteiger charge is -2.16. The first-order valence-corrected chi connectivity index (χ1v) is 8.01. The van der Waals surface area contributed by atoms with Crippen LogP contribution in [0.25, 0.3) is 0 Å². The summed E-state index contributed by atoms with van der Waals surface area (Å²) < 4.78 is 0. The molecule has 1 aromatic rings. The molecule has 1 aliphatic carbocycles. The summed E-state index contributed by atoms with van der Waals surface area (Å²) in [6, 6.07) is 5.91. The minimum absolute atomic E-state index is 0.130. The van der Waals surface area contributed by atoms with Crippen LogP contribution < -0.4 is 10.6 Å². The third-order valence-corrected chi connectivity index (χ3v) is 4.11. The topological polar surface area (TPSA) is 58.2 Å². The van der Waals surface area contributed by atoms with E-state index >= 15 is 0 Å². The summed E-state index contributed by atoms with van der Waals surface area (Å²) in [5, 5.41) is 5.81.